The smallest absolute Gasteiger partial charge is 0.253 e. The monoisotopic (exact) mass is 576 g/mol. The van der Waals surface area contributed by atoms with Crippen molar-refractivity contribution < 1.29 is 14.3 Å². The van der Waals surface area contributed by atoms with E-state index in [1.807, 2.05) is 111 Å². The zero-order valence-electron chi connectivity index (χ0n) is 25.1. The minimum atomic E-state index is -0.278. The number of para-hydroxylation sites is 2. The van der Waals surface area contributed by atoms with Gasteiger partial charge in [0.25, 0.3) is 5.91 Å². The van der Waals surface area contributed by atoms with Crippen molar-refractivity contribution in [2.45, 2.75) is 32.2 Å². The predicted octanol–water partition coefficient (Wildman–Crippen LogP) is 6.65. The quantitative estimate of drug-likeness (QED) is 0.221. The summed E-state index contributed by atoms with van der Waals surface area (Å²) in [4.78, 5) is 31.8. The number of benzene rings is 4. The van der Waals surface area contributed by atoms with Gasteiger partial charge in [-0.25, -0.2) is 0 Å². The molecule has 1 fully saturated rings. The van der Waals surface area contributed by atoms with Crippen molar-refractivity contribution in [3.8, 4) is 5.75 Å². The summed E-state index contributed by atoms with van der Waals surface area (Å²) in [5.74, 6) is 0.312. The third-order valence-corrected chi connectivity index (χ3v) is 8.13. The Kier molecular flexibility index (Phi) is 9.62. The lowest BCUT2D eigenvalue weighted by Crippen LogP contribution is -2.47. The van der Waals surface area contributed by atoms with E-state index in [0.717, 1.165) is 54.4 Å². The molecule has 222 valence electrons. The van der Waals surface area contributed by atoms with E-state index in [1.54, 1.807) is 7.11 Å². The molecule has 1 heterocycles. The van der Waals surface area contributed by atoms with Gasteiger partial charge in [-0.3, -0.25) is 9.59 Å². The first-order valence-corrected chi connectivity index (χ1v) is 15.0. The number of carbonyl (C=O) groups excluding carboxylic acids is 2. The van der Waals surface area contributed by atoms with Gasteiger partial charge in [0.15, 0.2) is 0 Å². The van der Waals surface area contributed by atoms with Crippen LogP contribution in [0.1, 0.15) is 53.7 Å². The summed E-state index contributed by atoms with van der Waals surface area (Å²) in [5.41, 5.74) is 5.07. The molecule has 0 aromatic heterocycles. The van der Waals surface area contributed by atoms with Crippen molar-refractivity contribution in [2.24, 2.45) is 0 Å². The van der Waals surface area contributed by atoms with Gasteiger partial charge >= 0.3 is 0 Å². The molecule has 0 spiro atoms. The van der Waals surface area contributed by atoms with E-state index in [0.29, 0.717) is 17.7 Å². The molecule has 1 aliphatic rings. The summed E-state index contributed by atoms with van der Waals surface area (Å²) in [6.07, 6.45) is 0.673. The van der Waals surface area contributed by atoms with E-state index in [9.17, 15) is 9.59 Å². The molecule has 4 aromatic rings. The lowest BCUT2D eigenvalue weighted by molar-refractivity contribution is -0.117. The molecule has 0 bridgehead atoms. The Morgan fingerprint density at radius 2 is 1.35 bits per heavy atom. The highest BCUT2D eigenvalue weighted by Gasteiger charge is 2.25. The Morgan fingerprint density at radius 3 is 1.98 bits per heavy atom. The van der Waals surface area contributed by atoms with Crippen LogP contribution in [-0.4, -0.2) is 45.1 Å². The van der Waals surface area contributed by atoms with Gasteiger partial charge in [-0.1, -0.05) is 79.7 Å². The standard InChI is InChI=1S/C36H40N4O3/c1-4-30(28-15-9-6-10-16-28)35(41)38-29-19-20-32(31(25-29)36(42)37-26(2)27-13-7-5-8-14-27)39-21-23-40(24-22-39)33-17-11-12-18-34(33)43-3/h5-20,25-26,30H,4,21-24H2,1-3H3,(H,37,42)(H,38,41). The largest absolute Gasteiger partial charge is 0.495 e. The highest BCUT2D eigenvalue weighted by atomic mass is 16.5. The molecular weight excluding hydrogens is 536 g/mol. The van der Waals surface area contributed by atoms with E-state index in [2.05, 4.69) is 26.5 Å². The molecule has 7 nitrogen and oxygen atoms in total. The number of amides is 2. The van der Waals surface area contributed by atoms with Gasteiger partial charge in [0.1, 0.15) is 5.75 Å². The molecule has 4 aromatic carbocycles. The SMILES string of the molecule is CCC(C(=O)Nc1ccc(N2CCN(c3ccccc3OC)CC2)c(C(=O)NC(C)c2ccccc2)c1)c1ccccc1. The third-order valence-electron chi connectivity index (χ3n) is 8.13. The molecule has 0 radical (unpaired) electrons. The topological polar surface area (TPSA) is 73.9 Å². The number of nitrogens with zero attached hydrogens (tertiary/aromatic N) is 2. The fraction of sp³-hybridized carbons (Fsp3) is 0.278. The van der Waals surface area contributed by atoms with Crippen LogP contribution in [0, 0.1) is 0 Å². The normalized spacial score (nSPS) is 14.5. The Labute approximate surface area is 254 Å². The minimum absolute atomic E-state index is 0.0871. The molecule has 5 rings (SSSR count). The molecule has 0 aliphatic carbocycles. The Morgan fingerprint density at radius 1 is 0.767 bits per heavy atom. The molecular formula is C36H40N4O3. The molecule has 7 heteroatoms. The van der Waals surface area contributed by atoms with Crippen LogP contribution in [0.5, 0.6) is 5.75 Å². The average Bonchev–Trinajstić information content (AvgIpc) is 3.06. The van der Waals surface area contributed by atoms with Crippen molar-refractivity contribution >= 4 is 28.9 Å². The maximum absolute atomic E-state index is 13.8. The fourth-order valence-corrected chi connectivity index (χ4v) is 5.74. The van der Waals surface area contributed by atoms with Crippen LogP contribution in [0.3, 0.4) is 0 Å². The number of ether oxygens (including phenoxy) is 1. The Hall–Kier alpha value is -4.78. The van der Waals surface area contributed by atoms with Gasteiger partial charge in [0.05, 0.1) is 30.3 Å². The van der Waals surface area contributed by atoms with Crippen molar-refractivity contribution in [2.75, 3.05) is 48.4 Å². The maximum atomic E-state index is 13.8. The van der Waals surface area contributed by atoms with Crippen LogP contribution in [0.4, 0.5) is 17.1 Å². The van der Waals surface area contributed by atoms with Crippen LogP contribution in [0.15, 0.2) is 103 Å². The number of nitrogens with one attached hydrogen (secondary N) is 2. The van der Waals surface area contributed by atoms with Gasteiger partial charge in [0, 0.05) is 37.6 Å². The number of hydrogen-bond donors (Lipinski definition) is 2. The van der Waals surface area contributed by atoms with Gasteiger partial charge in [-0.15, -0.1) is 0 Å². The van der Waals surface area contributed by atoms with E-state index >= 15 is 0 Å². The van der Waals surface area contributed by atoms with Crippen molar-refractivity contribution in [1.29, 1.82) is 0 Å². The highest BCUT2D eigenvalue weighted by molar-refractivity contribution is 6.03. The number of piperazine rings is 1. The van der Waals surface area contributed by atoms with Crippen molar-refractivity contribution in [3.05, 3.63) is 120 Å². The molecule has 43 heavy (non-hydrogen) atoms. The van der Waals surface area contributed by atoms with Crippen LogP contribution in [0.25, 0.3) is 0 Å². The first kappa shape index (κ1) is 29.7. The average molecular weight is 577 g/mol. The van der Waals surface area contributed by atoms with Crippen LogP contribution in [-0.2, 0) is 4.79 Å². The Balaban J connectivity index is 1.39. The van der Waals surface area contributed by atoms with Crippen LogP contribution in [0.2, 0.25) is 0 Å². The first-order chi connectivity index (χ1) is 21.0. The summed E-state index contributed by atoms with van der Waals surface area (Å²) in [5, 5.41) is 6.26. The number of rotatable bonds is 10. The number of methoxy groups -OCH3 is 1. The van der Waals surface area contributed by atoms with Crippen molar-refractivity contribution in [3.63, 3.8) is 0 Å². The maximum Gasteiger partial charge on any atom is 0.253 e. The second-order valence-corrected chi connectivity index (χ2v) is 10.8. The van der Waals surface area contributed by atoms with E-state index < -0.39 is 0 Å². The zero-order chi connectivity index (χ0) is 30.2. The van der Waals surface area contributed by atoms with E-state index in [4.69, 9.17) is 4.74 Å². The molecule has 2 N–H and O–H groups in total. The number of hydrogen-bond acceptors (Lipinski definition) is 5. The summed E-state index contributed by atoms with van der Waals surface area (Å²) in [6, 6.07) is 33.3. The van der Waals surface area contributed by atoms with E-state index in [-0.39, 0.29) is 23.8 Å². The minimum Gasteiger partial charge on any atom is -0.495 e. The molecule has 2 amide bonds. The predicted molar refractivity (Wildman–Crippen MR) is 174 cm³/mol. The molecule has 1 aliphatic heterocycles. The highest BCUT2D eigenvalue weighted by Crippen LogP contribution is 2.32. The summed E-state index contributed by atoms with van der Waals surface area (Å²) >= 11 is 0. The molecule has 2 atom stereocenters. The van der Waals surface area contributed by atoms with Crippen LogP contribution >= 0.6 is 0 Å². The summed E-state index contributed by atoms with van der Waals surface area (Å²) in [6.45, 7) is 7.05. The lowest BCUT2D eigenvalue weighted by atomic mass is 9.95. The van der Waals surface area contributed by atoms with Gasteiger partial charge in [0.2, 0.25) is 5.91 Å². The van der Waals surface area contributed by atoms with Gasteiger partial charge in [-0.2, -0.15) is 0 Å². The molecule has 0 saturated carbocycles. The zero-order valence-corrected chi connectivity index (χ0v) is 25.1. The number of anilines is 3. The van der Waals surface area contributed by atoms with Gasteiger partial charge < -0.3 is 25.2 Å². The van der Waals surface area contributed by atoms with Crippen LogP contribution < -0.4 is 25.2 Å². The first-order valence-electron chi connectivity index (χ1n) is 15.0. The second-order valence-electron chi connectivity index (χ2n) is 10.8. The van der Waals surface area contributed by atoms with Crippen molar-refractivity contribution in [1.82, 2.24) is 5.32 Å². The summed E-state index contributed by atoms with van der Waals surface area (Å²) < 4.78 is 5.59. The second kappa shape index (κ2) is 13.9. The number of carbonyl (C=O) groups is 2. The third kappa shape index (κ3) is 7.00. The Bertz CT molecular complexity index is 1520. The van der Waals surface area contributed by atoms with Gasteiger partial charge in [-0.05, 0) is 54.8 Å². The lowest BCUT2D eigenvalue weighted by Gasteiger charge is -2.38. The summed E-state index contributed by atoms with van der Waals surface area (Å²) in [7, 11) is 1.69. The molecule has 1 saturated heterocycles. The fourth-order valence-electron chi connectivity index (χ4n) is 5.74. The molecule has 2 unspecified atom stereocenters. The van der Waals surface area contributed by atoms with E-state index in [1.165, 1.54) is 0 Å².